The second-order valence-corrected chi connectivity index (χ2v) is 7.74. The molecule has 1 saturated heterocycles. The van der Waals surface area contributed by atoms with E-state index in [9.17, 15) is 19.8 Å². The first-order valence-electron chi connectivity index (χ1n) is 11.0. The van der Waals surface area contributed by atoms with Crippen LogP contribution in [0.1, 0.15) is 55.5 Å². The molecule has 1 amide bonds. The van der Waals surface area contributed by atoms with Gasteiger partial charge in [0.2, 0.25) is 5.91 Å². The molecule has 32 heavy (non-hydrogen) atoms. The smallest absolute Gasteiger partial charge is 0.342 e. The molecule has 0 aliphatic carbocycles. The Balaban J connectivity index is 1.89. The number of carbonyl (C=O) groups is 2. The van der Waals surface area contributed by atoms with Crippen LogP contribution < -0.4 is 5.32 Å². The minimum absolute atomic E-state index is 0.116. The number of benzene rings is 1. The van der Waals surface area contributed by atoms with Gasteiger partial charge in [0.05, 0.1) is 12.2 Å². The summed E-state index contributed by atoms with van der Waals surface area (Å²) in [5.41, 5.74) is 0.735. The van der Waals surface area contributed by atoms with Crippen molar-refractivity contribution in [1.82, 2.24) is 5.32 Å². The second-order valence-electron chi connectivity index (χ2n) is 7.74. The summed E-state index contributed by atoms with van der Waals surface area (Å²) >= 11 is 0. The molecule has 3 unspecified atom stereocenters. The van der Waals surface area contributed by atoms with E-state index in [4.69, 9.17) is 9.47 Å². The highest BCUT2D eigenvalue weighted by atomic mass is 16.5. The van der Waals surface area contributed by atoms with Gasteiger partial charge in [-0.25, -0.2) is 4.79 Å². The Morgan fingerprint density at radius 3 is 2.88 bits per heavy atom. The number of amides is 1. The molecule has 2 rings (SSSR count). The minimum atomic E-state index is -0.620. The molecule has 0 aromatic heterocycles. The molecule has 0 radical (unpaired) electrons. The molecular weight excluding hydrogens is 410 g/mol. The zero-order chi connectivity index (χ0) is 23.3. The fourth-order valence-electron chi connectivity index (χ4n) is 3.34. The lowest BCUT2D eigenvalue weighted by molar-refractivity contribution is -0.115. The third-order valence-electron chi connectivity index (χ3n) is 4.97. The Labute approximate surface area is 189 Å². The molecule has 3 atom stereocenters. The van der Waals surface area contributed by atoms with Gasteiger partial charge in [-0.2, -0.15) is 0 Å². The largest absolute Gasteiger partial charge is 0.507 e. The van der Waals surface area contributed by atoms with Gasteiger partial charge in [0.15, 0.2) is 0 Å². The number of carbonyl (C=O) groups excluding carboxylic acids is 2. The van der Waals surface area contributed by atoms with Gasteiger partial charge in [0, 0.05) is 25.3 Å². The molecular formula is C25H33NO6. The average Bonchev–Trinajstić information content (AvgIpc) is 2.74. The maximum absolute atomic E-state index is 12.7. The van der Waals surface area contributed by atoms with Crippen LogP contribution in [-0.4, -0.2) is 47.0 Å². The van der Waals surface area contributed by atoms with Crippen molar-refractivity contribution in [3.63, 3.8) is 0 Å². The molecule has 0 bridgehead atoms. The predicted molar refractivity (Wildman–Crippen MR) is 122 cm³/mol. The van der Waals surface area contributed by atoms with Gasteiger partial charge in [-0.3, -0.25) is 4.79 Å². The van der Waals surface area contributed by atoms with Crippen LogP contribution in [0.4, 0.5) is 0 Å². The monoisotopic (exact) mass is 443 g/mol. The molecule has 3 N–H and O–H groups in total. The van der Waals surface area contributed by atoms with Crippen molar-refractivity contribution in [3.8, 4) is 5.75 Å². The van der Waals surface area contributed by atoms with Gasteiger partial charge in [0.1, 0.15) is 17.4 Å². The number of hydrogen-bond donors (Lipinski definition) is 3. The van der Waals surface area contributed by atoms with Gasteiger partial charge in [-0.1, -0.05) is 43.4 Å². The average molecular weight is 444 g/mol. The maximum atomic E-state index is 12.7. The van der Waals surface area contributed by atoms with E-state index in [2.05, 4.69) is 5.32 Å². The number of esters is 1. The van der Waals surface area contributed by atoms with Crippen molar-refractivity contribution in [2.24, 2.45) is 0 Å². The van der Waals surface area contributed by atoms with E-state index in [-0.39, 0.29) is 23.3 Å². The van der Waals surface area contributed by atoms with Crippen LogP contribution in [0.3, 0.4) is 0 Å². The van der Waals surface area contributed by atoms with Gasteiger partial charge in [-0.15, -0.1) is 0 Å². The van der Waals surface area contributed by atoms with Gasteiger partial charge in [0.25, 0.3) is 0 Å². The molecule has 1 aromatic rings. The third kappa shape index (κ3) is 8.69. The summed E-state index contributed by atoms with van der Waals surface area (Å²) in [6, 6.07) is 4.87. The summed E-state index contributed by atoms with van der Waals surface area (Å²) in [6.07, 6.45) is 11.7. The quantitative estimate of drug-likeness (QED) is 0.290. The molecule has 1 heterocycles. The Morgan fingerprint density at radius 1 is 1.31 bits per heavy atom. The first-order valence-corrected chi connectivity index (χ1v) is 11.0. The summed E-state index contributed by atoms with van der Waals surface area (Å²) in [6.45, 7) is 4.22. The van der Waals surface area contributed by atoms with Crippen molar-refractivity contribution >= 4 is 11.9 Å². The minimum Gasteiger partial charge on any atom is -0.507 e. The number of ether oxygens (including phenoxy) is 2. The van der Waals surface area contributed by atoms with E-state index in [0.29, 0.717) is 37.9 Å². The van der Waals surface area contributed by atoms with E-state index in [1.165, 1.54) is 18.3 Å². The van der Waals surface area contributed by atoms with Crippen LogP contribution in [0.2, 0.25) is 0 Å². The van der Waals surface area contributed by atoms with Crippen molar-refractivity contribution < 1.29 is 29.3 Å². The van der Waals surface area contributed by atoms with Gasteiger partial charge < -0.3 is 25.0 Å². The summed E-state index contributed by atoms with van der Waals surface area (Å²) < 4.78 is 11.2. The predicted octanol–water partition coefficient (Wildman–Crippen LogP) is 3.56. The highest BCUT2D eigenvalue weighted by molar-refractivity contribution is 5.94. The highest BCUT2D eigenvalue weighted by Gasteiger charge is 2.25. The van der Waals surface area contributed by atoms with Crippen molar-refractivity contribution in [2.75, 3.05) is 6.61 Å². The number of aliphatic hydroxyl groups excluding tert-OH is 1. The number of rotatable bonds is 10. The SMILES string of the molecule is CCC=CC=CC(=O)NC=CCC(C)OC(=O)c1c(O)cccc1CC1CC(O)CCO1. The highest BCUT2D eigenvalue weighted by Crippen LogP contribution is 2.26. The molecule has 1 fully saturated rings. The number of phenolic OH excluding ortho intramolecular Hbond substituents is 1. The fourth-order valence-corrected chi connectivity index (χ4v) is 3.34. The Hall–Kier alpha value is -2.90. The normalized spacial score (nSPS) is 20.1. The summed E-state index contributed by atoms with van der Waals surface area (Å²) in [4.78, 5) is 24.4. The number of aromatic hydroxyl groups is 1. The van der Waals surface area contributed by atoms with E-state index in [1.54, 1.807) is 37.3 Å². The van der Waals surface area contributed by atoms with E-state index < -0.39 is 18.2 Å². The molecule has 7 nitrogen and oxygen atoms in total. The van der Waals surface area contributed by atoms with Crippen LogP contribution in [-0.2, 0) is 20.7 Å². The number of allylic oxidation sites excluding steroid dienone is 3. The van der Waals surface area contributed by atoms with E-state index >= 15 is 0 Å². The van der Waals surface area contributed by atoms with Crippen molar-refractivity contribution in [3.05, 3.63) is 65.9 Å². The lowest BCUT2D eigenvalue weighted by Crippen LogP contribution is -2.31. The van der Waals surface area contributed by atoms with Gasteiger partial charge >= 0.3 is 5.97 Å². The number of aliphatic hydroxyl groups is 1. The second kappa shape index (κ2) is 13.5. The molecule has 1 aromatic carbocycles. The summed E-state index contributed by atoms with van der Waals surface area (Å²) in [5.74, 6) is -1.02. The Morgan fingerprint density at radius 2 is 2.12 bits per heavy atom. The van der Waals surface area contributed by atoms with Crippen LogP contribution in [0.15, 0.2) is 54.8 Å². The zero-order valence-corrected chi connectivity index (χ0v) is 18.7. The zero-order valence-electron chi connectivity index (χ0n) is 18.7. The summed E-state index contributed by atoms with van der Waals surface area (Å²) in [5, 5.41) is 22.7. The lowest BCUT2D eigenvalue weighted by Gasteiger charge is -2.27. The molecule has 0 spiro atoms. The van der Waals surface area contributed by atoms with Crippen LogP contribution >= 0.6 is 0 Å². The van der Waals surface area contributed by atoms with Crippen molar-refractivity contribution in [1.29, 1.82) is 0 Å². The topological polar surface area (TPSA) is 105 Å². The summed E-state index contributed by atoms with van der Waals surface area (Å²) in [7, 11) is 0. The third-order valence-corrected chi connectivity index (χ3v) is 4.97. The Bertz CT molecular complexity index is 845. The lowest BCUT2D eigenvalue weighted by atomic mass is 9.96. The van der Waals surface area contributed by atoms with Crippen LogP contribution in [0.5, 0.6) is 5.75 Å². The molecule has 174 valence electrons. The van der Waals surface area contributed by atoms with Crippen LogP contribution in [0.25, 0.3) is 0 Å². The molecule has 1 aliphatic heterocycles. The molecule has 0 saturated carbocycles. The Kier molecular flexibility index (Phi) is 10.7. The van der Waals surface area contributed by atoms with Gasteiger partial charge in [-0.05, 0) is 44.2 Å². The first kappa shape index (κ1) is 25.4. The van der Waals surface area contributed by atoms with Crippen LogP contribution in [0, 0.1) is 0 Å². The van der Waals surface area contributed by atoms with E-state index in [1.807, 2.05) is 13.0 Å². The van der Waals surface area contributed by atoms with E-state index in [0.717, 1.165) is 6.42 Å². The fraction of sp³-hybridized carbons (Fsp3) is 0.440. The van der Waals surface area contributed by atoms with Crippen molar-refractivity contribution in [2.45, 2.75) is 64.3 Å². The number of nitrogens with one attached hydrogen (secondary N) is 1. The first-order chi connectivity index (χ1) is 15.4. The molecule has 7 heteroatoms. The maximum Gasteiger partial charge on any atom is 0.342 e. The number of hydrogen-bond acceptors (Lipinski definition) is 6. The molecule has 1 aliphatic rings. The standard InChI is InChI=1S/C25H33NO6/c1-3-4-5-6-12-23(29)26-14-8-9-18(2)32-25(30)24-19(10-7-11-22(24)28)16-21-17-20(27)13-15-31-21/h4-8,10-12,14,18,20-21,27-28H,3,9,13,15-17H2,1-2H3,(H,26,29). The number of phenols is 1.